The van der Waals surface area contributed by atoms with Gasteiger partial charge < -0.3 is 10.1 Å². The lowest BCUT2D eigenvalue weighted by Gasteiger charge is -2.06. The highest BCUT2D eigenvalue weighted by Gasteiger charge is 2.03. The zero-order valence-electron chi connectivity index (χ0n) is 11.6. The highest BCUT2D eigenvalue weighted by atomic mass is 16.5. The highest BCUT2D eigenvalue weighted by molar-refractivity contribution is 5.90. The summed E-state index contributed by atoms with van der Waals surface area (Å²) in [5, 5.41) is 11.5. The van der Waals surface area contributed by atoms with Crippen LogP contribution in [0, 0.1) is 11.3 Å². The molecule has 0 saturated carbocycles. The van der Waals surface area contributed by atoms with Crippen molar-refractivity contribution in [3.63, 3.8) is 0 Å². The molecular weight excluding hydrogens is 264 g/mol. The number of rotatable bonds is 6. The van der Waals surface area contributed by atoms with Crippen molar-refractivity contribution in [2.45, 2.75) is 13.0 Å². The Morgan fingerprint density at radius 1 is 1.14 bits per heavy atom. The lowest BCUT2D eigenvalue weighted by molar-refractivity contribution is -0.117. The van der Waals surface area contributed by atoms with Gasteiger partial charge in [0, 0.05) is 5.69 Å². The summed E-state index contributed by atoms with van der Waals surface area (Å²) in [7, 11) is 0. The molecule has 0 aliphatic heterocycles. The fraction of sp³-hybridized carbons (Fsp3) is 0.176. The van der Waals surface area contributed by atoms with E-state index in [0.717, 1.165) is 5.56 Å². The summed E-state index contributed by atoms with van der Waals surface area (Å²) < 4.78 is 5.46. The minimum Gasteiger partial charge on any atom is -0.376 e. The first-order valence-corrected chi connectivity index (χ1v) is 6.69. The van der Waals surface area contributed by atoms with Crippen LogP contribution in [0.4, 0.5) is 5.69 Å². The van der Waals surface area contributed by atoms with Gasteiger partial charge >= 0.3 is 0 Å². The molecule has 0 radical (unpaired) electrons. The third-order valence-electron chi connectivity index (χ3n) is 2.86. The van der Waals surface area contributed by atoms with Crippen molar-refractivity contribution in [1.29, 1.82) is 5.26 Å². The third kappa shape index (κ3) is 5.09. The molecule has 0 bridgehead atoms. The van der Waals surface area contributed by atoms with E-state index in [9.17, 15) is 4.79 Å². The average molecular weight is 280 g/mol. The molecule has 0 fully saturated rings. The topological polar surface area (TPSA) is 62.1 Å². The fourth-order valence-corrected chi connectivity index (χ4v) is 1.82. The Labute approximate surface area is 124 Å². The first-order valence-electron chi connectivity index (χ1n) is 6.69. The van der Waals surface area contributed by atoms with Crippen molar-refractivity contribution in [2.75, 3.05) is 11.9 Å². The van der Waals surface area contributed by atoms with E-state index in [2.05, 4.69) is 5.32 Å². The maximum Gasteiger partial charge on any atom is 0.226 e. The number of hydrogen-bond donors (Lipinski definition) is 1. The second-order valence-corrected chi connectivity index (χ2v) is 4.53. The van der Waals surface area contributed by atoms with Gasteiger partial charge in [0.1, 0.15) is 0 Å². The number of carbonyl (C=O) groups is 1. The Morgan fingerprint density at radius 3 is 2.71 bits per heavy atom. The van der Waals surface area contributed by atoms with Gasteiger partial charge in [0.25, 0.3) is 0 Å². The third-order valence-corrected chi connectivity index (χ3v) is 2.86. The largest absolute Gasteiger partial charge is 0.376 e. The van der Waals surface area contributed by atoms with Crippen molar-refractivity contribution in [1.82, 2.24) is 0 Å². The molecule has 1 N–H and O–H groups in total. The van der Waals surface area contributed by atoms with Crippen molar-refractivity contribution >= 4 is 11.6 Å². The molecule has 0 saturated heterocycles. The summed E-state index contributed by atoms with van der Waals surface area (Å²) in [6.07, 6.45) is 0.281. The lowest BCUT2D eigenvalue weighted by atomic mass is 10.2. The second-order valence-electron chi connectivity index (χ2n) is 4.53. The molecule has 1 amide bonds. The van der Waals surface area contributed by atoms with Gasteiger partial charge in [-0.3, -0.25) is 4.79 Å². The van der Waals surface area contributed by atoms with Crippen LogP contribution in [-0.2, 0) is 16.1 Å². The lowest BCUT2D eigenvalue weighted by Crippen LogP contribution is -2.14. The average Bonchev–Trinajstić information content (AvgIpc) is 2.53. The van der Waals surface area contributed by atoms with Crippen molar-refractivity contribution in [3.8, 4) is 6.07 Å². The van der Waals surface area contributed by atoms with Gasteiger partial charge in [-0.2, -0.15) is 5.26 Å². The second kappa shape index (κ2) is 7.83. The number of carbonyl (C=O) groups excluding carboxylic acids is 1. The smallest absolute Gasteiger partial charge is 0.226 e. The van der Waals surface area contributed by atoms with Gasteiger partial charge in [-0.1, -0.05) is 36.4 Å². The zero-order chi connectivity index (χ0) is 14.9. The van der Waals surface area contributed by atoms with Crippen LogP contribution >= 0.6 is 0 Å². The quantitative estimate of drug-likeness (QED) is 0.827. The zero-order valence-corrected chi connectivity index (χ0v) is 11.6. The number of nitrogens with zero attached hydrogens (tertiary/aromatic N) is 1. The summed E-state index contributed by atoms with van der Waals surface area (Å²) in [6.45, 7) is 0.858. The van der Waals surface area contributed by atoms with E-state index in [1.165, 1.54) is 0 Å². The Morgan fingerprint density at radius 2 is 1.95 bits per heavy atom. The molecule has 2 rings (SSSR count). The van der Waals surface area contributed by atoms with Crippen LogP contribution in [0.3, 0.4) is 0 Å². The molecule has 2 aromatic rings. The first kappa shape index (κ1) is 14.8. The van der Waals surface area contributed by atoms with Crippen molar-refractivity contribution in [2.24, 2.45) is 0 Å². The maximum absolute atomic E-state index is 11.7. The first-order chi connectivity index (χ1) is 10.3. The number of amides is 1. The van der Waals surface area contributed by atoms with Gasteiger partial charge in [0.15, 0.2) is 0 Å². The molecule has 4 nitrogen and oxygen atoms in total. The SMILES string of the molecule is N#Cc1cccc(NC(=O)CCOCc2ccccc2)c1. The number of anilines is 1. The molecule has 0 aliphatic rings. The minimum atomic E-state index is -0.127. The van der Waals surface area contributed by atoms with Gasteiger partial charge in [-0.05, 0) is 23.8 Å². The number of benzene rings is 2. The number of hydrogen-bond acceptors (Lipinski definition) is 3. The van der Waals surface area contributed by atoms with Crippen LogP contribution in [0.5, 0.6) is 0 Å². The molecule has 0 aromatic heterocycles. The summed E-state index contributed by atoms with van der Waals surface area (Å²) in [4.78, 5) is 11.7. The van der Waals surface area contributed by atoms with E-state index >= 15 is 0 Å². The monoisotopic (exact) mass is 280 g/mol. The van der Waals surface area contributed by atoms with Crippen molar-refractivity contribution < 1.29 is 9.53 Å². The predicted molar refractivity (Wildman–Crippen MR) is 80.5 cm³/mol. The molecule has 0 atom stereocenters. The Kier molecular flexibility index (Phi) is 5.50. The van der Waals surface area contributed by atoms with Gasteiger partial charge in [0.2, 0.25) is 5.91 Å². The summed E-state index contributed by atoms with van der Waals surface area (Å²) >= 11 is 0. The minimum absolute atomic E-state index is 0.127. The van der Waals surface area contributed by atoms with E-state index in [0.29, 0.717) is 24.5 Å². The van der Waals surface area contributed by atoms with Crippen molar-refractivity contribution in [3.05, 3.63) is 65.7 Å². The molecule has 106 valence electrons. The van der Waals surface area contributed by atoms with Crippen LogP contribution in [0.2, 0.25) is 0 Å². The van der Waals surface area contributed by atoms with Crippen LogP contribution in [0.1, 0.15) is 17.5 Å². The van der Waals surface area contributed by atoms with E-state index in [1.807, 2.05) is 36.4 Å². The molecule has 0 spiro atoms. The molecule has 0 heterocycles. The Hall–Kier alpha value is -2.64. The van der Waals surface area contributed by atoms with Crippen LogP contribution in [0.15, 0.2) is 54.6 Å². The fourth-order valence-electron chi connectivity index (χ4n) is 1.82. The Balaban J connectivity index is 1.71. The predicted octanol–water partition coefficient (Wildman–Crippen LogP) is 3.10. The molecule has 0 unspecified atom stereocenters. The van der Waals surface area contributed by atoms with E-state index in [4.69, 9.17) is 10.00 Å². The van der Waals surface area contributed by atoms with E-state index in [-0.39, 0.29) is 12.3 Å². The normalized spacial score (nSPS) is 9.86. The van der Waals surface area contributed by atoms with E-state index < -0.39 is 0 Å². The number of nitriles is 1. The summed E-state index contributed by atoms with van der Waals surface area (Å²) in [5.74, 6) is -0.127. The van der Waals surface area contributed by atoms with Gasteiger partial charge in [-0.25, -0.2) is 0 Å². The number of nitrogens with one attached hydrogen (secondary N) is 1. The molecule has 21 heavy (non-hydrogen) atoms. The van der Waals surface area contributed by atoms with Crippen LogP contribution in [-0.4, -0.2) is 12.5 Å². The van der Waals surface area contributed by atoms with Crippen LogP contribution < -0.4 is 5.32 Å². The maximum atomic E-state index is 11.7. The highest BCUT2D eigenvalue weighted by Crippen LogP contribution is 2.10. The van der Waals surface area contributed by atoms with Gasteiger partial charge in [-0.15, -0.1) is 0 Å². The molecular formula is C17H16N2O2. The molecule has 4 heteroatoms. The van der Waals surface area contributed by atoms with Gasteiger partial charge in [0.05, 0.1) is 31.3 Å². The van der Waals surface area contributed by atoms with Crippen LogP contribution in [0.25, 0.3) is 0 Å². The van der Waals surface area contributed by atoms with E-state index in [1.54, 1.807) is 24.3 Å². The standard InChI is InChI=1S/C17H16N2O2/c18-12-15-7-4-8-16(11-15)19-17(20)9-10-21-13-14-5-2-1-3-6-14/h1-8,11H,9-10,13H2,(H,19,20). The Bertz CT molecular complexity index is 633. The molecule has 0 aliphatic carbocycles. The number of ether oxygens (including phenoxy) is 1. The molecule has 2 aromatic carbocycles. The summed E-state index contributed by atoms with van der Waals surface area (Å²) in [5.41, 5.74) is 2.23. The summed E-state index contributed by atoms with van der Waals surface area (Å²) in [6, 6.07) is 18.7.